The Morgan fingerprint density at radius 3 is 2.73 bits per heavy atom. The van der Waals surface area contributed by atoms with Crippen LogP contribution in [0.2, 0.25) is 0 Å². The van der Waals surface area contributed by atoms with Crippen LogP contribution in [-0.4, -0.2) is 30.1 Å². The van der Waals surface area contributed by atoms with E-state index in [1.807, 2.05) is 38.1 Å². The molecule has 0 bridgehead atoms. The molecular weight excluding hydrogens is 453 g/mol. The van der Waals surface area contributed by atoms with Gasteiger partial charge in [0.25, 0.3) is 5.91 Å². The lowest BCUT2D eigenvalue weighted by molar-refractivity contribution is 0.0593. The molecule has 7 heteroatoms. The standard InChI is InChI=1S/C23H21BrFNO4/c1-13(2)29-10-4-9-26-20(14-5-3-6-15(24)11-14)19-21(27)17-12-16(25)7-8-18(17)30-22(19)23(26)28/h3,5-8,11-13,20H,4,9-10H2,1-2H3/t20-/m0/s1. The summed E-state index contributed by atoms with van der Waals surface area (Å²) in [5.74, 6) is -0.850. The molecule has 0 aliphatic carbocycles. The lowest BCUT2D eigenvalue weighted by Crippen LogP contribution is -2.31. The third-order valence-electron chi connectivity index (χ3n) is 5.09. The van der Waals surface area contributed by atoms with Crippen LogP contribution in [0.1, 0.15) is 48.0 Å². The Morgan fingerprint density at radius 2 is 2.00 bits per heavy atom. The highest BCUT2D eigenvalue weighted by Gasteiger charge is 2.42. The molecule has 156 valence electrons. The van der Waals surface area contributed by atoms with Crippen molar-refractivity contribution in [2.45, 2.75) is 32.4 Å². The maximum absolute atomic E-state index is 13.8. The Kier molecular flexibility index (Phi) is 5.75. The normalized spacial score (nSPS) is 16.0. The fourth-order valence-corrected chi connectivity index (χ4v) is 4.22. The maximum atomic E-state index is 13.8. The molecular formula is C23H21BrFNO4. The second-order valence-electron chi connectivity index (χ2n) is 7.54. The van der Waals surface area contributed by atoms with E-state index in [9.17, 15) is 14.0 Å². The molecule has 0 saturated carbocycles. The quantitative estimate of drug-likeness (QED) is 0.469. The molecule has 0 fully saturated rings. The van der Waals surface area contributed by atoms with Gasteiger partial charge in [-0.15, -0.1) is 0 Å². The van der Waals surface area contributed by atoms with Gasteiger partial charge in [-0.1, -0.05) is 28.1 Å². The average Bonchev–Trinajstić information content (AvgIpc) is 2.98. The van der Waals surface area contributed by atoms with E-state index < -0.39 is 11.9 Å². The molecule has 30 heavy (non-hydrogen) atoms. The number of hydrogen-bond acceptors (Lipinski definition) is 4. The molecule has 0 unspecified atom stereocenters. The van der Waals surface area contributed by atoms with E-state index in [2.05, 4.69) is 15.9 Å². The van der Waals surface area contributed by atoms with Gasteiger partial charge in [-0.3, -0.25) is 9.59 Å². The zero-order valence-electron chi connectivity index (χ0n) is 16.7. The number of benzene rings is 2. The van der Waals surface area contributed by atoms with E-state index in [4.69, 9.17) is 9.15 Å². The molecule has 0 saturated heterocycles. The van der Waals surface area contributed by atoms with Gasteiger partial charge in [0.1, 0.15) is 11.4 Å². The number of carbonyl (C=O) groups excluding carboxylic acids is 1. The maximum Gasteiger partial charge on any atom is 0.290 e. The first kappa shape index (κ1) is 20.8. The largest absolute Gasteiger partial charge is 0.450 e. The van der Waals surface area contributed by atoms with E-state index in [1.165, 1.54) is 12.1 Å². The lowest BCUT2D eigenvalue weighted by atomic mass is 9.98. The minimum absolute atomic E-state index is 0.0221. The zero-order valence-corrected chi connectivity index (χ0v) is 18.2. The number of carbonyl (C=O) groups is 1. The van der Waals surface area contributed by atoms with Crippen molar-refractivity contribution in [1.82, 2.24) is 4.90 Å². The minimum Gasteiger partial charge on any atom is -0.450 e. The van der Waals surface area contributed by atoms with Crippen LogP contribution in [0.15, 0.2) is 56.1 Å². The zero-order chi connectivity index (χ0) is 21.4. The average molecular weight is 474 g/mol. The number of fused-ring (bicyclic) bond motifs is 2. The highest BCUT2D eigenvalue weighted by molar-refractivity contribution is 9.10. The predicted molar refractivity (Wildman–Crippen MR) is 115 cm³/mol. The van der Waals surface area contributed by atoms with Gasteiger partial charge >= 0.3 is 0 Å². The summed E-state index contributed by atoms with van der Waals surface area (Å²) in [5, 5.41) is 0.131. The molecule has 1 atom stereocenters. The summed E-state index contributed by atoms with van der Waals surface area (Å²) in [6.07, 6.45) is 0.714. The van der Waals surface area contributed by atoms with Crippen LogP contribution >= 0.6 is 15.9 Å². The van der Waals surface area contributed by atoms with Gasteiger partial charge in [0.2, 0.25) is 5.76 Å². The van der Waals surface area contributed by atoms with Gasteiger partial charge in [-0.05, 0) is 56.2 Å². The van der Waals surface area contributed by atoms with Crippen molar-refractivity contribution < 1.29 is 18.3 Å². The number of rotatable bonds is 6. The predicted octanol–water partition coefficient (Wildman–Crippen LogP) is 5.05. The van der Waals surface area contributed by atoms with Crippen molar-refractivity contribution in [3.8, 4) is 0 Å². The van der Waals surface area contributed by atoms with E-state index in [0.29, 0.717) is 19.6 Å². The van der Waals surface area contributed by atoms with Crippen molar-refractivity contribution >= 4 is 32.8 Å². The fraction of sp³-hybridized carbons (Fsp3) is 0.304. The summed E-state index contributed by atoms with van der Waals surface area (Å²) in [6.45, 7) is 4.80. The van der Waals surface area contributed by atoms with Crippen LogP contribution in [0.3, 0.4) is 0 Å². The van der Waals surface area contributed by atoms with Crippen LogP contribution in [-0.2, 0) is 4.74 Å². The van der Waals surface area contributed by atoms with E-state index in [1.54, 1.807) is 4.90 Å². The third-order valence-corrected chi connectivity index (χ3v) is 5.58. The van der Waals surface area contributed by atoms with E-state index in [0.717, 1.165) is 16.1 Å². The molecule has 0 radical (unpaired) electrons. The van der Waals surface area contributed by atoms with Crippen LogP contribution in [0, 0.1) is 5.82 Å². The van der Waals surface area contributed by atoms with Crippen molar-refractivity contribution in [3.05, 3.63) is 79.9 Å². The second-order valence-corrected chi connectivity index (χ2v) is 8.46. The van der Waals surface area contributed by atoms with Gasteiger partial charge < -0.3 is 14.1 Å². The van der Waals surface area contributed by atoms with Gasteiger partial charge in [-0.25, -0.2) is 4.39 Å². The highest BCUT2D eigenvalue weighted by atomic mass is 79.9. The molecule has 4 rings (SSSR count). The Morgan fingerprint density at radius 1 is 1.20 bits per heavy atom. The summed E-state index contributed by atoms with van der Waals surface area (Å²) in [7, 11) is 0. The third kappa shape index (κ3) is 3.79. The Balaban J connectivity index is 1.83. The van der Waals surface area contributed by atoms with Gasteiger partial charge in [-0.2, -0.15) is 0 Å². The summed E-state index contributed by atoms with van der Waals surface area (Å²) in [6, 6.07) is 10.6. The number of halogens is 2. The van der Waals surface area contributed by atoms with E-state index in [-0.39, 0.29) is 39.7 Å². The van der Waals surface area contributed by atoms with Gasteiger partial charge in [0, 0.05) is 17.6 Å². The van der Waals surface area contributed by atoms with Gasteiger partial charge in [0.15, 0.2) is 5.43 Å². The minimum atomic E-state index is -0.604. The monoisotopic (exact) mass is 473 g/mol. The summed E-state index contributed by atoms with van der Waals surface area (Å²) >= 11 is 3.46. The van der Waals surface area contributed by atoms with Crippen LogP contribution in [0.4, 0.5) is 4.39 Å². The van der Waals surface area contributed by atoms with Gasteiger partial charge in [0.05, 0.1) is 23.1 Å². The first-order valence-electron chi connectivity index (χ1n) is 9.81. The van der Waals surface area contributed by atoms with Crippen molar-refractivity contribution in [3.63, 3.8) is 0 Å². The first-order chi connectivity index (χ1) is 14.4. The number of ether oxygens (including phenoxy) is 1. The van der Waals surface area contributed by atoms with Crippen LogP contribution in [0.25, 0.3) is 11.0 Å². The molecule has 5 nitrogen and oxygen atoms in total. The summed E-state index contributed by atoms with van der Waals surface area (Å²) in [5.41, 5.74) is 0.849. The van der Waals surface area contributed by atoms with Crippen molar-refractivity contribution in [2.75, 3.05) is 13.2 Å². The SMILES string of the molecule is CC(C)OCCCN1C(=O)c2oc3ccc(F)cc3c(=O)c2[C@@H]1c1cccc(Br)c1. The molecule has 2 heterocycles. The van der Waals surface area contributed by atoms with Crippen LogP contribution < -0.4 is 5.43 Å². The highest BCUT2D eigenvalue weighted by Crippen LogP contribution is 2.38. The summed E-state index contributed by atoms with van der Waals surface area (Å²) < 4.78 is 26.0. The summed E-state index contributed by atoms with van der Waals surface area (Å²) in [4.78, 5) is 28.2. The molecule has 0 N–H and O–H groups in total. The molecule has 1 aromatic heterocycles. The Labute approximate surface area is 181 Å². The van der Waals surface area contributed by atoms with E-state index >= 15 is 0 Å². The smallest absolute Gasteiger partial charge is 0.290 e. The van der Waals surface area contributed by atoms with Crippen molar-refractivity contribution in [1.29, 1.82) is 0 Å². The molecule has 0 spiro atoms. The second kappa shape index (κ2) is 8.32. The number of amides is 1. The first-order valence-corrected chi connectivity index (χ1v) is 10.6. The molecule has 1 amide bonds. The van der Waals surface area contributed by atoms with Crippen molar-refractivity contribution in [2.24, 2.45) is 0 Å². The Hall–Kier alpha value is -2.51. The number of hydrogen-bond donors (Lipinski definition) is 0. The molecule has 3 aromatic rings. The van der Waals surface area contributed by atoms with Crippen LogP contribution in [0.5, 0.6) is 0 Å². The lowest BCUT2D eigenvalue weighted by Gasteiger charge is -2.25. The Bertz CT molecular complexity index is 1170. The molecule has 1 aliphatic heterocycles. The molecule has 1 aliphatic rings. The topological polar surface area (TPSA) is 59.8 Å². The molecule has 2 aromatic carbocycles. The number of nitrogens with zero attached hydrogens (tertiary/aromatic N) is 1. The fourth-order valence-electron chi connectivity index (χ4n) is 3.80.